The third kappa shape index (κ3) is 3.70. The third-order valence-corrected chi connectivity index (χ3v) is 6.08. The van der Waals surface area contributed by atoms with Crippen molar-refractivity contribution < 1.29 is 0 Å². The lowest BCUT2D eigenvalue weighted by Gasteiger charge is -2.06. The highest BCUT2D eigenvalue weighted by atomic mass is 15.0. The number of H-pyrrole nitrogens is 1. The largest absolute Gasteiger partial charge is 0.355 e. The minimum atomic E-state index is 1.13. The second kappa shape index (κ2) is 8.69. The number of nitrogens with one attached hydrogen (secondary N) is 1. The SMILES string of the molecule is CCCCCn1c2ccccc2c2ccccc21.c1ccc2c(c1)[nH]c1ccccc12. The van der Waals surface area contributed by atoms with Crippen LogP contribution in [0.2, 0.25) is 0 Å². The smallest absolute Gasteiger partial charge is 0.0491 e. The van der Waals surface area contributed by atoms with Gasteiger partial charge in [0.2, 0.25) is 0 Å². The number of aromatic amines is 1. The summed E-state index contributed by atoms with van der Waals surface area (Å²) in [5.74, 6) is 0. The fourth-order valence-electron chi connectivity index (χ4n) is 4.56. The molecule has 0 spiro atoms. The summed E-state index contributed by atoms with van der Waals surface area (Å²) in [7, 11) is 0. The number of hydrogen-bond donors (Lipinski definition) is 1. The van der Waals surface area contributed by atoms with E-state index in [2.05, 4.69) is 114 Å². The van der Waals surface area contributed by atoms with Gasteiger partial charge in [-0.1, -0.05) is 92.6 Å². The number of nitrogens with zero attached hydrogens (tertiary/aromatic N) is 1. The molecule has 2 nitrogen and oxygen atoms in total. The van der Waals surface area contributed by atoms with Crippen molar-refractivity contribution in [2.24, 2.45) is 0 Å². The monoisotopic (exact) mass is 404 g/mol. The van der Waals surface area contributed by atoms with Crippen LogP contribution in [0.4, 0.5) is 0 Å². The summed E-state index contributed by atoms with van der Waals surface area (Å²) in [4.78, 5) is 3.38. The van der Waals surface area contributed by atoms with Crippen molar-refractivity contribution in [1.82, 2.24) is 9.55 Å². The number of fused-ring (bicyclic) bond motifs is 6. The summed E-state index contributed by atoms with van der Waals surface area (Å²) in [6, 6.07) is 34.2. The van der Waals surface area contributed by atoms with Gasteiger partial charge in [-0.15, -0.1) is 0 Å². The quantitative estimate of drug-likeness (QED) is 0.285. The highest BCUT2D eigenvalue weighted by Gasteiger charge is 2.08. The molecule has 2 heteroatoms. The minimum absolute atomic E-state index is 1.13. The molecule has 31 heavy (non-hydrogen) atoms. The zero-order chi connectivity index (χ0) is 21.0. The van der Waals surface area contributed by atoms with E-state index < -0.39 is 0 Å². The highest BCUT2D eigenvalue weighted by molar-refractivity contribution is 6.08. The molecule has 6 aromatic rings. The standard InChI is InChI=1S/C17H19N.C12H9N/c1-2-3-8-13-18-16-11-6-4-9-14(16)15-10-5-7-12-17(15)18;1-3-7-11-9(5-1)10-6-2-4-8-12(10)13-11/h4-7,9-12H,2-3,8,13H2,1H3;1-8,13H. The van der Waals surface area contributed by atoms with Gasteiger partial charge >= 0.3 is 0 Å². The van der Waals surface area contributed by atoms with Crippen LogP contribution in [0.15, 0.2) is 97.1 Å². The summed E-state index contributed by atoms with van der Waals surface area (Å²) >= 11 is 0. The van der Waals surface area contributed by atoms with Gasteiger partial charge in [-0.05, 0) is 30.7 Å². The molecular formula is C29H28N2. The first kappa shape index (κ1) is 19.4. The van der Waals surface area contributed by atoms with Crippen LogP contribution in [0.25, 0.3) is 43.6 Å². The Morgan fingerprint density at radius 3 is 1.52 bits per heavy atom. The Morgan fingerprint density at radius 1 is 0.548 bits per heavy atom. The van der Waals surface area contributed by atoms with Gasteiger partial charge in [-0.2, -0.15) is 0 Å². The summed E-state index contributed by atoms with van der Waals surface area (Å²) in [5, 5.41) is 5.37. The van der Waals surface area contributed by atoms with E-state index in [9.17, 15) is 0 Å². The zero-order valence-corrected chi connectivity index (χ0v) is 18.0. The Kier molecular flexibility index (Phi) is 5.45. The van der Waals surface area contributed by atoms with E-state index in [1.165, 1.54) is 62.9 Å². The van der Waals surface area contributed by atoms with E-state index >= 15 is 0 Å². The second-order valence-corrected chi connectivity index (χ2v) is 8.11. The number of hydrogen-bond acceptors (Lipinski definition) is 0. The van der Waals surface area contributed by atoms with Crippen LogP contribution in [0, 0.1) is 0 Å². The number of para-hydroxylation sites is 4. The highest BCUT2D eigenvalue weighted by Crippen LogP contribution is 2.29. The van der Waals surface area contributed by atoms with Gasteiger partial charge in [0.1, 0.15) is 0 Å². The molecule has 4 aromatic carbocycles. The summed E-state index contributed by atoms with van der Waals surface area (Å²) < 4.78 is 2.47. The first-order valence-electron chi connectivity index (χ1n) is 11.3. The molecule has 154 valence electrons. The zero-order valence-electron chi connectivity index (χ0n) is 18.0. The number of aryl methyl sites for hydroxylation is 1. The first-order valence-corrected chi connectivity index (χ1v) is 11.3. The van der Waals surface area contributed by atoms with E-state index in [1.54, 1.807) is 0 Å². The summed E-state index contributed by atoms with van der Waals surface area (Å²) in [6.07, 6.45) is 3.84. The van der Waals surface area contributed by atoms with Crippen LogP contribution in [-0.4, -0.2) is 9.55 Å². The molecule has 0 amide bonds. The molecule has 0 aliphatic heterocycles. The minimum Gasteiger partial charge on any atom is -0.355 e. The average Bonchev–Trinajstić information content (AvgIpc) is 3.36. The molecule has 0 unspecified atom stereocenters. The van der Waals surface area contributed by atoms with Crippen LogP contribution in [0.1, 0.15) is 26.2 Å². The number of benzene rings is 4. The van der Waals surface area contributed by atoms with E-state index in [0.717, 1.165) is 6.54 Å². The van der Waals surface area contributed by atoms with Gasteiger partial charge in [0.15, 0.2) is 0 Å². The molecular weight excluding hydrogens is 376 g/mol. The van der Waals surface area contributed by atoms with Gasteiger partial charge in [-0.25, -0.2) is 0 Å². The topological polar surface area (TPSA) is 20.7 Å². The number of aromatic nitrogens is 2. The van der Waals surface area contributed by atoms with Crippen LogP contribution in [0.3, 0.4) is 0 Å². The average molecular weight is 405 g/mol. The molecule has 0 saturated heterocycles. The predicted molar refractivity (Wildman–Crippen MR) is 135 cm³/mol. The van der Waals surface area contributed by atoms with Crippen molar-refractivity contribution in [2.45, 2.75) is 32.7 Å². The maximum Gasteiger partial charge on any atom is 0.0491 e. The van der Waals surface area contributed by atoms with E-state index in [4.69, 9.17) is 0 Å². The van der Waals surface area contributed by atoms with Crippen molar-refractivity contribution in [1.29, 1.82) is 0 Å². The van der Waals surface area contributed by atoms with Crippen molar-refractivity contribution in [3.8, 4) is 0 Å². The van der Waals surface area contributed by atoms with E-state index in [1.807, 2.05) is 0 Å². The molecule has 0 saturated carbocycles. The van der Waals surface area contributed by atoms with Gasteiger partial charge < -0.3 is 9.55 Å². The Labute approximate surface area is 183 Å². The molecule has 0 fully saturated rings. The molecule has 0 bridgehead atoms. The number of rotatable bonds is 4. The van der Waals surface area contributed by atoms with Crippen molar-refractivity contribution in [3.05, 3.63) is 97.1 Å². The molecule has 1 N–H and O–H groups in total. The predicted octanol–water partition coefficient (Wildman–Crippen LogP) is 8.31. The molecule has 0 aliphatic rings. The maximum atomic E-state index is 3.38. The maximum absolute atomic E-state index is 3.38. The Bertz CT molecular complexity index is 1350. The van der Waals surface area contributed by atoms with Gasteiger partial charge in [0.25, 0.3) is 0 Å². The van der Waals surface area contributed by atoms with Gasteiger partial charge in [0.05, 0.1) is 0 Å². The van der Waals surface area contributed by atoms with Crippen molar-refractivity contribution >= 4 is 43.6 Å². The lowest BCUT2D eigenvalue weighted by atomic mass is 10.2. The molecule has 0 radical (unpaired) electrons. The lowest BCUT2D eigenvalue weighted by Crippen LogP contribution is -1.97. The summed E-state index contributed by atoms with van der Waals surface area (Å²) in [5.41, 5.74) is 5.16. The van der Waals surface area contributed by atoms with E-state index in [0.29, 0.717) is 0 Å². The molecule has 6 rings (SSSR count). The normalized spacial score (nSPS) is 11.3. The van der Waals surface area contributed by atoms with Crippen LogP contribution < -0.4 is 0 Å². The molecule has 2 aromatic heterocycles. The Balaban J connectivity index is 0.000000138. The van der Waals surface area contributed by atoms with E-state index in [-0.39, 0.29) is 0 Å². The first-order chi connectivity index (χ1) is 15.4. The third-order valence-electron chi connectivity index (χ3n) is 6.08. The second-order valence-electron chi connectivity index (χ2n) is 8.11. The van der Waals surface area contributed by atoms with Crippen molar-refractivity contribution in [2.75, 3.05) is 0 Å². The Morgan fingerprint density at radius 2 is 1.00 bits per heavy atom. The summed E-state index contributed by atoms with van der Waals surface area (Å²) in [6.45, 7) is 3.38. The van der Waals surface area contributed by atoms with Crippen molar-refractivity contribution in [3.63, 3.8) is 0 Å². The Hall–Kier alpha value is -3.52. The van der Waals surface area contributed by atoms with Crippen LogP contribution in [-0.2, 0) is 6.54 Å². The molecule has 0 aliphatic carbocycles. The van der Waals surface area contributed by atoms with Gasteiger partial charge in [-0.3, -0.25) is 0 Å². The fraction of sp³-hybridized carbons (Fsp3) is 0.172. The fourth-order valence-corrected chi connectivity index (χ4v) is 4.56. The van der Waals surface area contributed by atoms with Crippen LogP contribution >= 0.6 is 0 Å². The molecule has 2 heterocycles. The number of unbranched alkanes of at least 4 members (excludes halogenated alkanes) is 2. The van der Waals surface area contributed by atoms with Crippen LogP contribution in [0.5, 0.6) is 0 Å². The van der Waals surface area contributed by atoms with Gasteiger partial charge in [0, 0.05) is 50.2 Å². The lowest BCUT2D eigenvalue weighted by molar-refractivity contribution is 0.627. The molecule has 0 atom stereocenters.